The molecule has 0 aromatic rings. The molecule has 2 bridgehead atoms. The van der Waals surface area contributed by atoms with Crippen LogP contribution in [-0.4, -0.2) is 18.0 Å². The Hall–Kier alpha value is -0.370. The zero-order chi connectivity index (χ0) is 26.9. The van der Waals surface area contributed by atoms with Crippen LogP contribution in [0.3, 0.4) is 0 Å². The third-order valence-electron chi connectivity index (χ3n) is 9.43. The first-order valence-corrected chi connectivity index (χ1v) is 17.9. The molecule has 2 fully saturated rings. The van der Waals surface area contributed by atoms with Crippen molar-refractivity contribution in [3.63, 3.8) is 0 Å². The van der Waals surface area contributed by atoms with Crippen LogP contribution in [0.4, 0.5) is 0 Å². The molecule has 3 unspecified atom stereocenters. The molecule has 0 spiro atoms. The minimum Gasteiger partial charge on any atom is -0.375 e. The number of carbonyl (C=O) groups is 1. The highest BCUT2D eigenvalue weighted by Gasteiger charge is 2.35. The van der Waals surface area contributed by atoms with Gasteiger partial charge in [0, 0.05) is 12.8 Å². The number of unbranched alkanes of at least 4 members (excludes halogenated alkanes) is 25. The van der Waals surface area contributed by atoms with Crippen LogP contribution in [0.25, 0.3) is 0 Å². The lowest BCUT2D eigenvalue weighted by Crippen LogP contribution is -2.39. The molecule has 1 aliphatic carbocycles. The zero-order valence-corrected chi connectivity index (χ0v) is 26.0. The van der Waals surface area contributed by atoms with Gasteiger partial charge in [0.2, 0.25) is 0 Å². The lowest BCUT2D eigenvalue weighted by molar-refractivity contribution is -0.139. The van der Waals surface area contributed by atoms with E-state index in [9.17, 15) is 4.79 Å². The maximum absolute atomic E-state index is 11.7. The standard InChI is InChI=1S/C36H68O2/c1-2-3-4-5-6-7-8-9-10-11-12-13-14-15-16-17-18-19-20-21-22-23-24-25-26-27-28-35-30-33-29-34(37)32-36(31-33)38-35/h33,35-36H,2-32H2,1H3. The van der Waals surface area contributed by atoms with Crippen molar-refractivity contribution >= 4 is 5.78 Å². The Balaban J connectivity index is 1.18. The Morgan fingerprint density at radius 2 is 0.868 bits per heavy atom. The Morgan fingerprint density at radius 1 is 0.500 bits per heavy atom. The van der Waals surface area contributed by atoms with Crippen LogP contribution in [0.15, 0.2) is 0 Å². The number of ketones is 1. The van der Waals surface area contributed by atoms with Gasteiger partial charge in [-0.3, -0.25) is 4.79 Å². The molecule has 0 N–H and O–H groups in total. The van der Waals surface area contributed by atoms with E-state index in [4.69, 9.17) is 4.74 Å². The molecular formula is C36H68O2. The highest BCUT2D eigenvalue weighted by molar-refractivity contribution is 5.80. The maximum atomic E-state index is 11.7. The van der Waals surface area contributed by atoms with Gasteiger partial charge in [0.25, 0.3) is 0 Å². The topological polar surface area (TPSA) is 26.3 Å². The van der Waals surface area contributed by atoms with Crippen molar-refractivity contribution in [2.45, 2.75) is 218 Å². The number of rotatable bonds is 27. The average molecular weight is 533 g/mol. The van der Waals surface area contributed by atoms with Crippen molar-refractivity contribution in [3.8, 4) is 0 Å². The Labute approximate surface area is 239 Å². The maximum Gasteiger partial charge on any atom is 0.135 e. The van der Waals surface area contributed by atoms with Gasteiger partial charge in [-0.25, -0.2) is 0 Å². The normalized spacial score (nSPS) is 21.3. The summed E-state index contributed by atoms with van der Waals surface area (Å²) in [6.07, 6.45) is 43.4. The minimum atomic E-state index is 0.254. The van der Waals surface area contributed by atoms with E-state index in [1.807, 2.05) is 0 Å². The molecule has 2 rings (SSSR count). The second-order valence-electron chi connectivity index (χ2n) is 13.3. The summed E-state index contributed by atoms with van der Waals surface area (Å²) in [7, 11) is 0. The van der Waals surface area contributed by atoms with Gasteiger partial charge in [-0.1, -0.05) is 174 Å². The molecule has 0 aromatic heterocycles. The van der Waals surface area contributed by atoms with Gasteiger partial charge in [-0.05, 0) is 25.2 Å². The van der Waals surface area contributed by atoms with Crippen molar-refractivity contribution in [1.29, 1.82) is 0 Å². The minimum absolute atomic E-state index is 0.254. The van der Waals surface area contributed by atoms with Crippen LogP contribution in [-0.2, 0) is 9.53 Å². The van der Waals surface area contributed by atoms with Crippen molar-refractivity contribution in [1.82, 2.24) is 0 Å². The number of carbonyl (C=O) groups excluding carboxylic acids is 1. The van der Waals surface area contributed by atoms with E-state index in [0.717, 1.165) is 19.3 Å². The van der Waals surface area contributed by atoms with Gasteiger partial charge in [-0.2, -0.15) is 0 Å². The van der Waals surface area contributed by atoms with Crippen LogP contribution in [0.2, 0.25) is 0 Å². The highest BCUT2D eigenvalue weighted by Crippen LogP contribution is 2.35. The molecule has 0 radical (unpaired) electrons. The van der Waals surface area contributed by atoms with E-state index in [2.05, 4.69) is 6.92 Å². The zero-order valence-electron chi connectivity index (χ0n) is 26.0. The van der Waals surface area contributed by atoms with Crippen LogP contribution < -0.4 is 0 Å². The summed E-state index contributed by atoms with van der Waals surface area (Å²) in [5.74, 6) is 1.06. The van der Waals surface area contributed by atoms with Crippen LogP contribution >= 0.6 is 0 Å². The number of hydrogen-bond donors (Lipinski definition) is 0. The second-order valence-corrected chi connectivity index (χ2v) is 13.3. The predicted molar refractivity (Wildman–Crippen MR) is 166 cm³/mol. The molecule has 2 nitrogen and oxygen atoms in total. The monoisotopic (exact) mass is 533 g/mol. The van der Waals surface area contributed by atoms with Gasteiger partial charge in [-0.15, -0.1) is 0 Å². The molecule has 224 valence electrons. The summed E-state index contributed by atoms with van der Waals surface area (Å²) >= 11 is 0. The molecule has 2 aliphatic rings. The lowest BCUT2D eigenvalue weighted by Gasteiger charge is -2.38. The summed E-state index contributed by atoms with van der Waals surface area (Å²) in [5.41, 5.74) is 0. The first kappa shape index (κ1) is 33.8. The van der Waals surface area contributed by atoms with Gasteiger partial charge in [0.05, 0.1) is 12.2 Å². The largest absolute Gasteiger partial charge is 0.375 e. The smallest absolute Gasteiger partial charge is 0.135 e. The van der Waals surface area contributed by atoms with Crippen LogP contribution in [0.5, 0.6) is 0 Å². The van der Waals surface area contributed by atoms with Crippen molar-refractivity contribution < 1.29 is 9.53 Å². The number of fused-ring (bicyclic) bond motifs is 2. The van der Waals surface area contributed by atoms with E-state index in [1.54, 1.807) is 0 Å². The molecule has 0 amide bonds. The Kier molecular flexibility index (Phi) is 21.8. The van der Waals surface area contributed by atoms with E-state index in [-0.39, 0.29) is 6.10 Å². The predicted octanol–water partition coefficient (Wildman–Crippen LogP) is 12.1. The molecule has 1 saturated heterocycles. The fraction of sp³-hybridized carbons (Fsp3) is 0.972. The van der Waals surface area contributed by atoms with Crippen molar-refractivity contribution in [3.05, 3.63) is 0 Å². The fourth-order valence-corrected chi connectivity index (χ4v) is 7.05. The number of hydrogen-bond acceptors (Lipinski definition) is 2. The van der Waals surface area contributed by atoms with E-state index in [1.165, 1.54) is 173 Å². The summed E-state index contributed by atoms with van der Waals surface area (Å²) < 4.78 is 6.16. The van der Waals surface area contributed by atoms with Gasteiger partial charge < -0.3 is 4.74 Å². The quantitative estimate of drug-likeness (QED) is 0.0983. The molecular weight excluding hydrogens is 464 g/mol. The summed E-state index contributed by atoms with van der Waals surface area (Å²) in [4.78, 5) is 11.7. The Bertz CT molecular complexity index is 513. The first-order valence-electron chi connectivity index (χ1n) is 17.9. The molecule has 1 aliphatic heterocycles. The third kappa shape index (κ3) is 18.8. The van der Waals surface area contributed by atoms with Crippen molar-refractivity contribution in [2.24, 2.45) is 5.92 Å². The SMILES string of the molecule is CCCCCCCCCCCCCCCCCCCCCCCCCCCCC1CC2CC(=O)CC(C2)O1. The number of Topliss-reactive ketones (excluding diaryl/α,β-unsaturated/α-hetero) is 1. The van der Waals surface area contributed by atoms with Crippen molar-refractivity contribution in [2.75, 3.05) is 0 Å². The number of ether oxygens (including phenoxy) is 1. The van der Waals surface area contributed by atoms with Gasteiger partial charge in [0.15, 0.2) is 0 Å². The van der Waals surface area contributed by atoms with E-state index in [0.29, 0.717) is 24.2 Å². The molecule has 2 heteroatoms. The lowest BCUT2D eigenvalue weighted by atomic mass is 9.79. The van der Waals surface area contributed by atoms with Gasteiger partial charge >= 0.3 is 0 Å². The third-order valence-corrected chi connectivity index (χ3v) is 9.43. The van der Waals surface area contributed by atoms with E-state index < -0.39 is 0 Å². The summed E-state index contributed by atoms with van der Waals surface area (Å²) in [5, 5.41) is 0. The summed E-state index contributed by atoms with van der Waals surface area (Å²) in [6.45, 7) is 2.30. The van der Waals surface area contributed by atoms with E-state index >= 15 is 0 Å². The van der Waals surface area contributed by atoms with Crippen LogP contribution in [0.1, 0.15) is 206 Å². The Morgan fingerprint density at radius 3 is 1.24 bits per heavy atom. The fourth-order valence-electron chi connectivity index (χ4n) is 7.05. The molecule has 0 aromatic carbocycles. The van der Waals surface area contributed by atoms with Gasteiger partial charge in [0.1, 0.15) is 5.78 Å². The second kappa shape index (κ2) is 24.4. The molecule has 1 saturated carbocycles. The molecule has 38 heavy (non-hydrogen) atoms. The highest BCUT2D eigenvalue weighted by atomic mass is 16.5. The molecule has 1 heterocycles. The van der Waals surface area contributed by atoms with Crippen LogP contribution in [0, 0.1) is 5.92 Å². The summed E-state index contributed by atoms with van der Waals surface area (Å²) in [6, 6.07) is 0. The average Bonchev–Trinajstić information content (AvgIpc) is 2.90. The molecule has 3 atom stereocenters. The first-order chi connectivity index (χ1) is 18.8.